The first kappa shape index (κ1) is 21.5. The Kier molecular flexibility index (Phi) is 5.67. The summed E-state index contributed by atoms with van der Waals surface area (Å²) in [5, 5.41) is 2.73. The average Bonchev–Trinajstić information content (AvgIpc) is 3.22. The Bertz CT molecular complexity index is 1260. The highest BCUT2D eigenvalue weighted by Crippen LogP contribution is 2.25. The second kappa shape index (κ2) is 8.43. The van der Waals surface area contributed by atoms with Crippen LogP contribution >= 0.6 is 12.2 Å². The summed E-state index contributed by atoms with van der Waals surface area (Å²) in [5.74, 6) is -0.950. The van der Waals surface area contributed by atoms with Crippen molar-refractivity contribution in [3.8, 4) is 5.69 Å². The van der Waals surface area contributed by atoms with Crippen LogP contribution in [0.4, 0.5) is 11.4 Å². The fourth-order valence-electron chi connectivity index (χ4n) is 3.56. The summed E-state index contributed by atoms with van der Waals surface area (Å²) in [5.41, 5.74) is 5.54. The van der Waals surface area contributed by atoms with E-state index >= 15 is 0 Å². The molecule has 1 N–H and O–H groups in total. The molecule has 7 heteroatoms. The summed E-state index contributed by atoms with van der Waals surface area (Å²) in [6.45, 7) is 3.97. The van der Waals surface area contributed by atoms with Gasteiger partial charge in [-0.15, -0.1) is 0 Å². The van der Waals surface area contributed by atoms with Gasteiger partial charge in [0.2, 0.25) is 0 Å². The van der Waals surface area contributed by atoms with Crippen LogP contribution in [0.3, 0.4) is 0 Å². The van der Waals surface area contributed by atoms with E-state index in [0.29, 0.717) is 11.4 Å². The van der Waals surface area contributed by atoms with Crippen molar-refractivity contribution in [1.82, 2.24) is 9.88 Å². The van der Waals surface area contributed by atoms with Gasteiger partial charge in [0.25, 0.3) is 11.8 Å². The number of anilines is 2. The lowest BCUT2D eigenvalue weighted by molar-refractivity contribution is -0.122. The lowest BCUT2D eigenvalue weighted by Crippen LogP contribution is -2.54. The first-order chi connectivity index (χ1) is 15.3. The number of nitrogens with one attached hydrogen (secondary N) is 1. The normalized spacial score (nSPS) is 15.3. The number of aryl methyl sites for hydroxylation is 2. The first-order valence-electron chi connectivity index (χ1n) is 10.2. The third kappa shape index (κ3) is 3.94. The Morgan fingerprint density at radius 3 is 2.28 bits per heavy atom. The predicted molar refractivity (Wildman–Crippen MR) is 132 cm³/mol. The number of benzene rings is 2. The zero-order valence-electron chi connectivity index (χ0n) is 18.4. The molecule has 6 nitrogen and oxygen atoms in total. The fraction of sp³-hybridized carbons (Fsp3) is 0.160. The van der Waals surface area contributed by atoms with Crippen molar-refractivity contribution in [3.05, 3.63) is 83.2 Å². The number of aromatic nitrogens is 1. The molecule has 2 aromatic carbocycles. The summed E-state index contributed by atoms with van der Waals surface area (Å²) in [6.07, 6.45) is 3.50. The van der Waals surface area contributed by atoms with Gasteiger partial charge in [0.1, 0.15) is 5.57 Å². The largest absolute Gasteiger partial charge is 0.378 e. The Morgan fingerprint density at radius 2 is 1.62 bits per heavy atom. The van der Waals surface area contributed by atoms with E-state index in [1.165, 1.54) is 4.90 Å². The Hall–Kier alpha value is -3.71. The van der Waals surface area contributed by atoms with Crippen molar-refractivity contribution in [2.24, 2.45) is 0 Å². The van der Waals surface area contributed by atoms with E-state index in [4.69, 9.17) is 12.2 Å². The molecule has 3 aromatic rings. The molecule has 0 atom stereocenters. The van der Waals surface area contributed by atoms with Crippen molar-refractivity contribution >= 4 is 46.6 Å². The van der Waals surface area contributed by atoms with Gasteiger partial charge in [-0.1, -0.05) is 6.07 Å². The minimum Gasteiger partial charge on any atom is -0.378 e. The standard InChI is InChI=1S/C25H24N4O2S/c1-16-7-8-21(14-17(16)2)29-24(31)22(23(30)26-25(29)32)15-20-6-5-13-28(20)19-11-9-18(10-12-19)27(3)4/h5-15H,1-4H3,(H,26,30,32)/b22-15+. The number of amides is 2. The van der Waals surface area contributed by atoms with Crippen molar-refractivity contribution in [1.29, 1.82) is 0 Å². The van der Waals surface area contributed by atoms with Crippen LogP contribution in [-0.4, -0.2) is 35.6 Å². The van der Waals surface area contributed by atoms with Crippen LogP contribution in [-0.2, 0) is 9.59 Å². The molecule has 1 aromatic heterocycles. The Labute approximate surface area is 192 Å². The van der Waals surface area contributed by atoms with Gasteiger partial charge in [-0.2, -0.15) is 0 Å². The van der Waals surface area contributed by atoms with Crippen molar-refractivity contribution in [3.63, 3.8) is 0 Å². The molecule has 0 bridgehead atoms. The zero-order valence-corrected chi connectivity index (χ0v) is 19.2. The van der Waals surface area contributed by atoms with Crippen LogP contribution in [0.15, 0.2) is 66.4 Å². The van der Waals surface area contributed by atoms with E-state index in [0.717, 1.165) is 22.5 Å². The molecule has 2 amide bonds. The molecule has 1 aliphatic heterocycles. The highest BCUT2D eigenvalue weighted by molar-refractivity contribution is 7.80. The van der Waals surface area contributed by atoms with Gasteiger partial charge < -0.3 is 9.47 Å². The van der Waals surface area contributed by atoms with Gasteiger partial charge in [0.15, 0.2) is 5.11 Å². The van der Waals surface area contributed by atoms with Gasteiger partial charge in [-0.25, -0.2) is 0 Å². The molecule has 2 heterocycles. The van der Waals surface area contributed by atoms with Crippen LogP contribution < -0.4 is 15.1 Å². The number of thiocarbonyl (C=S) groups is 1. The molecule has 4 rings (SSSR count). The maximum Gasteiger partial charge on any atom is 0.270 e. The molecule has 0 unspecified atom stereocenters. The van der Waals surface area contributed by atoms with E-state index in [2.05, 4.69) is 5.32 Å². The third-order valence-corrected chi connectivity index (χ3v) is 5.85. The lowest BCUT2D eigenvalue weighted by Gasteiger charge is -2.29. The fourth-order valence-corrected chi connectivity index (χ4v) is 3.84. The third-order valence-electron chi connectivity index (χ3n) is 5.57. The number of hydrogen-bond donors (Lipinski definition) is 1. The summed E-state index contributed by atoms with van der Waals surface area (Å²) in [6, 6.07) is 17.4. The number of carbonyl (C=O) groups excluding carboxylic acids is 2. The van der Waals surface area contributed by atoms with Crippen LogP contribution in [0.1, 0.15) is 16.8 Å². The number of nitrogens with zero attached hydrogens (tertiary/aromatic N) is 3. The number of hydrogen-bond acceptors (Lipinski definition) is 4. The summed E-state index contributed by atoms with van der Waals surface area (Å²) in [4.78, 5) is 29.4. The van der Waals surface area contributed by atoms with Gasteiger partial charge >= 0.3 is 0 Å². The molecule has 1 fully saturated rings. The number of rotatable bonds is 4. The summed E-state index contributed by atoms with van der Waals surface area (Å²) in [7, 11) is 3.97. The Morgan fingerprint density at radius 1 is 0.938 bits per heavy atom. The second-order valence-corrected chi connectivity index (χ2v) is 8.33. The van der Waals surface area contributed by atoms with E-state index in [9.17, 15) is 9.59 Å². The molecule has 0 radical (unpaired) electrons. The van der Waals surface area contributed by atoms with E-state index in [-0.39, 0.29) is 10.7 Å². The molecule has 1 aliphatic rings. The first-order valence-corrected chi connectivity index (χ1v) is 10.6. The zero-order chi connectivity index (χ0) is 23.0. The molecular formula is C25H24N4O2S. The minimum atomic E-state index is -0.504. The van der Waals surface area contributed by atoms with Gasteiger partial charge in [0.05, 0.1) is 5.69 Å². The Balaban J connectivity index is 1.71. The molecule has 0 saturated carbocycles. The SMILES string of the molecule is Cc1ccc(N2C(=O)/C(=C/c3cccn3-c3ccc(N(C)C)cc3)C(=O)NC2=S)cc1C. The molecule has 1 saturated heterocycles. The van der Waals surface area contributed by atoms with Crippen LogP contribution in [0, 0.1) is 13.8 Å². The van der Waals surface area contributed by atoms with E-state index < -0.39 is 11.8 Å². The van der Waals surface area contributed by atoms with Crippen molar-refractivity contribution in [2.45, 2.75) is 13.8 Å². The monoisotopic (exact) mass is 444 g/mol. The molecular weight excluding hydrogens is 420 g/mol. The van der Waals surface area contributed by atoms with Crippen LogP contribution in [0.2, 0.25) is 0 Å². The van der Waals surface area contributed by atoms with Gasteiger partial charge in [-0.3, -0.25) is 19.8 Å². The van der Waals surface area contributed by atoms with Crippen LogP contribution in [0.25, 0.3) is 11.8 Å². The average molecular weight is 445 g/mol. The smallest absolute Gasteiger partial charge is 0.270 e. The van der Waals surface area contributed by atoms with Gasteiger partial charge in [-0.05, 0) is 91.8 Å². The minimum absolute atomic E-state index is 0.0293. The predicted octanol–water partition coefficient (Wildman–Crippen LogP) is 3.99. The van der Waals surface area contributed by atoms with E-state index in [1.54, 1.807) is 6.08 Å². The topological polar surface area (TPSA) is 57.6 Å². The number of carbonyl (C=O) groups is 2. The maximum atomic E-state index is 13.3. The highest BCUT2D eigenvalue weighted by Gasteiger charge is 2.34. The second-order valence-electron chi connectivity index (χ2n) is 7.94. The van der Waals surface area contributed by atoms with E-state index in [1.807, 2.05) is 98.2 Å². The highest BCUT2D eigenvalue weighted by atomic mass is 32.1. The summed E-state index contributed by atoms with van der Waals surface area (Å²) >= 11 is 5.31. The molecule has 0 aliphatic carbocycles. The van der Waals surface area contributed by atoms with Crippen molar-refractivity contribution in [2.75, 3.05) is 23.9 Å². The molecule has 0 spiro atoms. The quantitative estimate of drug-likeness (QED) is 0.376. The molecule has 32 heavy (non-hydrogen) atoms. The van der Waals surface area contributed by atoms with Gasteiger partial charge in [0, 0.05) is 37.4 Å². The van der Waals surface area contributed by atoms with Crippen molar-refractivity contribution < 1.29 is 9.59 Å². The molecule has 162 valence electrons. The maximum absolute atomic E-state index is 13.3. The lowest BCUT2D eigenvalue weighted by atomic mass is 10.1. The van der Waals surface area contributed by atoms with Crippen LogP contribution in [0.5, 0.6) is 0 Å². The summed E-state index contributed by atoms with van der Waals surface area (Å²) < 4.78 is 1.93.